The van der Waals surface area contributed by atoms with Crippen LogP contribution in [0.1, 0.15) is 45.5 Å². The maximum absolute atomic E-state index is 13.2. The summed E-state index contributed by atoms with van der Waals surface area (Å²) in [4.78, 5) is 27.9. The van der Waals surface area contributed by atoms with E-state index in [-0.39, 0.29) is 23.8 Å². The minimum Gasteiger partial charge on any atom is -0.376 e. The fourth-order valence-electron chi connectivity index (χ4n) is 3.93. The molecule has 2 saturated heterocycles. The van der Waals surface area contributed by atoms with Crippen LogP contribution in [0.3, 0.4) is 0 Å². The van der Waals surface area contributed by atoms with Crippen molar-refractivity contribution in [1.29, 1.82) is 0 Å². The zero-order valence-corrected chi connectivity index (χ0v) is 14.4. The van der Waals surface area contributed by atoms with Gasteiger partial charge in [-0.05, 0) is 49.6 Å². The van der Waals surface area contributed by atoms with E-state index >= 15 is 0 Å². The lowest BCUT2D eigenvalue weighted by atomic mass is 9.94. The van der Waals surface area contributed by atoms with Gasteiger partial charge in [-0.15, -0.1) is 0 Å². The number of carbonyl (C=O) groups is 2. The standard InChI is InChI=1S/C21H20FNO3/c22-15-9-7-14(8-10-15)20(24)16-4-1-2-5-17(16)21(25)23-12-3-6-19-18(23)11-13-26-19/h1-2,4-5,7-10,18-19H,3,6,11-13H2/t18-,19-/m1/s1. The first-order chi connectivity index (χ1) is 12.6. The van der Waals surface area contributed by atoms with Gasteiger partial charge in [0.15, 0.2) is 5.78 Å². The van der Waals surface area contributed by atoms with E-state index in [1.54, 1.807) is 24.3 Å². The number of piperidine rings is 1. The smallest absolute Gasteiger partial charge is 0.254 e. The first-order valence-corrected chi connectivity index (χ1v) is 8.97. The van der Waals surface area contributed by atoms with E-state index in [4.69, 9.17) is 4.74 Å². The van der Waals surface area contributed by atoms with Crippen molar-refractivity contribution >= 4 is 11.7 Å². The Labute approximate surface area is 151 Å². The third kappa shape index (κ3) is 3.03. The molecule has 1 amide bonds. The Bertz CT molecular complexity index is 833. The van der Waals surface area contributed by atoms with Gasteiger partial charge in [0, 0.05) is 24.3 Å². The zero-order chi connectivity index (χ0) is 18.1. The number of amides is 1. The van der Waals surface area contributed by atoms with Crippen LogP contribution >= 0.6 is 0 Å². The van der Waals surface area contributed by atoms with Crippen molar-refractivity contribution < 1.29 is 18.7 Å². The Morgan fingerprint density at radius 3 is 2.50 bits per heavy atom. The van der Waals surface area contributed by atoms with Crippen molar-refractivity contribution in [2.75, 3.05) is 13.2 Å². The summed E-state index contributed by atoms with van der Waals surface area (Å²) in [5.41, 5.74) is 1.12. The third-order valence-corrected chi connectivity index (χ3v) is 5.23. The van der Waals surface area contributed by atoms with E-state index in [9.17, 15) is 14.0 Å². The lowest BCUT2D eigenvalue weighted by Gasteiger charge is -2.36. The molecule has 4 nitrogen and oxygen atoms in total. The number of carbonyl (C=O) groups excluding carboxylic acids is 2. The van der Waals surface area contributed by atoms with Crippen molar-refractivity contribution in [3.8, 4) is 0 Å². The number of nitrogens with zero attached hydrogens (tertiary/aromatic N) is 1. The maximum atomic E-state index is 13.2. The summed E-state index contributed by atoms with van der Waals surface area (Å²) in [6.07, 6.45) is 2.82. The second-order valence-electron chi connectivity index (χ2n) is 6.79. The van der Waals surface area contributed by atoms with Crippen molar-refractivity contribution in [3.05, 3.63) is 71.0 Å². The van der Waals surface area contributed by atoms with E-state index in [1.807, 2.05) is 4.90 Å². The Morgan fingerprint density at radius 2 is 1.73 bits per heavy atom. The molecule has 2 aromatic rings. The molecule has 26 heavy (non-hydrogen) atoms. The van der Waals surface area contributed by atoms with E-state index in [1.165, 1.54) is 24.3 Å². The number of fused-ring (bicyclic) bond motifs is 1. The highest BCUT2D eigenvalue weighted by molar-refractivity contribution is 6.15. The average Bonchev–Trinajstić information content (AvgIpc) is 3.16. The van der Waals surface area contributed by atoms with Gasteiger partial charge >= 0.3 is 0 Å². The highest BCUT2D eigenvalue weighted by Crippen LogP contribution is 2.30. The molecule has 2 heterocycles. The molecule has 2 aliphatic heterocycles. The molecule has 5 heteroatoms. The number of halogens is 1. The van der Waals surface area contributed by atoms with Crippen LogP contribution in [-0.2, 0) is 4.74 Å². The molecular weight excluding hydrogens is 333 g/mol. The Morgan fingerprint density at radius 1 is 1.00 bits per heavy atom. The van der Waals surface area contributed by atoms with Gasteiger partial charge in [0.05, 0.1) is 17.7 Å². The fourth-order valence-corrected chi connectivity index (χ4v) is 3.93. The normalized spacial score (nSPS) is 22.1. The summed E-state index contributed by atoms with van der Waals surface area (Å²) < 4.78 is 18.9. The third-order valence-electron chi connectivity index (χ3n) is 5.23. The van der Waals surface area contributed by atoms with Gasteiger partial charge in [0.25, 0.3) is 5.91 Å². The number of likely N-dealkylation sites (tertiary alicyclic amines) is 1. The molecule has 0 aromatic heterocycles. The highest BCUT2D eigenvalue weighted by Gasteiger charge is 2.39. The van der Waals surface area contributed by atoms with Gasteiger partial charge in [0.1, 0.15) is 5.82 Å². The number of hydrogen-bond acceptors (Lipinski definition) is 3. The lowest BCUT2D eigenvalue weighted by Crippen LogP contribution is -2.49. The first-order valence-electron chi connectivity index (χ1n) is 8.97. The van der Waals surface area contributed by atoms with Gasteiger partial charge in [-0.3, -0.25) is 9.59 Å². The fraction of sp³-hybridized carbons (Fsp3) is 0.333. The summed E-state index contributed by atoms with van der Waals surface area (Å²) in [5, 5.41) is 0. The van der Waals surface area contributed by atoms with E-state index in [0.29, 0.717) is 29.8 Å². The largest absolute Gasteiger partial charge is 0.376 e. The second-order valence-corrected chi connectivity index (χ2v) is 6.79. The molecule has 134 valence electrons. The zero-order valence-electron chi connectivity index (χ0n) is 14.4. The molecule has 2 aliphatic rings. The second kappa shape index (κ2) is 7.00. The summed E-state index contributed by atoms with van der Waals surface area (Å²) in [6.45, 7) is 1.36. The lowest BCUT2D eigenvalue weighted by molar-refractivity contribution is 0.0230. The molecule has 4 rings (SSSR count). The Kier molecular flexibility index (Phi) is 4.55. The number of rotatable bonds is 3. The molecule has 2 fully saturated rings. The molecule has 0 spiro atoms. The highest BCUT2D eigenvalue weighted by atomic mass is 19.1. The van der Waals surface area contributed by atoms with Crippen LogP contribution in [0.5, 0.6) is 0 Å². The molecule has 0 bridgehead atoms. The van der Waals surface area contributed by atoms with Gasteiger partial charge in [-0.1, -0.05) is 18.2 Å². The number of hydrogen-bond donors (Lipinski definition) is 0. The minimum atomic E-state index is -0.397. The minimum absolute atomic E-state index is 0.0882. The molecule has 0 unspecified atom stereocenters. The maximum Gasteiger partial charge on any atom is 0.254 e. The topological polar surface area (TPSA) is 46.6 Å². The van der Waals surface area contributed by atoms with E-state index in [0.717, 1.165) is 19.3 Å². The molecular formula is C21H20FNO3. The van der Waals surface area contributed by atoms with Crippen molar-refractivity contribution in [2.45, 2.75) is 31.4 Å². The van der Waals surface area contributed by atoms with Gasteiger partial charge in [-0.25, -0.2) is 4.39 Å². The summed E-state index contributed by atoms with van der Waals surface area (Å²) in [6, 6.07) is 12.3. The van der Waals surface area contributed by atoms with Crippen molar-refractivity contribution in [2.24, 2.45) is 0 Å². The first kappa shape index (κ1) is 16.9. The van der Waals surface area contributed by atoms with Crippen molar-refractivity contribution in [1.82, 2.24) is 4.90 Å². The van der Waals surface area contributed by atoms with E-state index < -0.39 is 5.82 Å². The number of benzene rings is 2. The quantitative estimate of drug-likeness (QED) is 0.794. The molecule has 0 saturated carbocycles. The predicted octanol–water partition coefficient (Wildman–Crippen LogP) is 3.45. The molecule has 0 radical (unpaired) electrons. The number of ketones is 1. The predicted molar refractivity (Wildman–Crippen MR) is 94.7 cm³/mol. The van der Waals surface area contributed by atoms with Crippen LogP contribution in [-0.4, -0.2) is 41.9 Å². The Balaban J connectivity index is 1.66. The van der Waals surface area contributed by atoms with Gasteiger partial charge < -0.3 is 9.64 Å². The van der Waals surface area contributed by atoms with Gasteiger partial charge in [-0.2, -0.15) is 0 Å². The molecule has 2 aromatic carbocycles. The summed E-state index contributed by atoms with van der Waals surface area (Å²) in [5.74, 6) is -0.798. The Hall–Kier alpha value is -2.53. The summed E-state index contributed by atoms with van der Waals surface area (Å²) >= 11 is 0. The number of ether oxygens (including phenoxy) is 1. The molecule has 0 aliphatic carbocycles. The van der Waals surface area contributed by atoms with Gasteiger partial charge in [0.2, 0.25) is 0 Å². The van der Waals surface area contributed by atoms with E-state index in [2.05, 4.69) is 0 Å². The van der Waals surface area contributed by atoms with Crippen LogP contribution < -0.4 is 0 Å². The van der Waals surface area contributed by atoms with Crippen LogP contribution in [0.25, 0.3) is 0 Å². The SMILES string of the molecule is O=C(c1ccc(F)cc1)c1ccccc1C(=O)N1CCC[C@H]2OCC[C@H]21. The van der Waals surface area contributed by atoms with Crippen LogP contribution in [0.15, 0.2) is 48.5 Å². The van der Waals surface area contributed by atoms with Crippen molar-refractivity contribution in [3.63, 3.8) is 0 Å². The van der Waals surface area contributed by atoms with Crippen LogP contribution in [0.4, 0.5) is 4.39 Å². The molecule has 0 N–H and O–H groups in total. The van der Waals surface area contributed by atoms with Crippen LogP contribution in [0.2, 0.25) is 0 Å². The average molecular weight is 353 g/mol. The molecule has 2 atom stereocenters. The monoisotopic (exact) mass is 353 g/mol. The summed E-state index contributed by atoms with van der Waals surface area (Å²) in [7, 11) is 0. The van der Waals surface area contributed by atoms with Crippen LogP contribution in [0, 0.1) is 5.82 Å².